The summed E-state index contributed by atoms with van der Waals surface area (Å²) in [5, 5.41) is 6.10. The van der Waals surface area contributed by atoms with E-state index in [1.165, 1.54) is 19.4 Å². The minimum atomic E-state index is -0.350. The molecule has 3 heterocycles. The van der Waals surface area contributed by atoms with E-state index >= 15 is 0 Å². The Balaban J connectivity index is 1.40. The predicted molar refractivity (Wildman–Crippen MR) is 70.0 cm³/mol. The van der Waals surface area contributed by atoms with Crippen molar-refractivity contribution in [2.75, 3.05) is 45.9 Å². The van der Waals surface area contributed by atoms with Crippen molar-refractivity contribution in [2.24, 2.45) is 0 Å². The van der Waals surface area contributed by atoms with Gasteiger partial charge in [0, 0.05) is 32.2 Å². The van der Waals surface area contributed by atoms with Crippen molar-refractivity contribution in [1.29, 1.82) is 0 Å². The van der Waals surface area contributed by atoms with Gasteiger partial charge in [-0.25, -0.2) is 0 Å². The fourth-order valence-electron chi connectivity index (χ4n) is 3.07. The number of fused-ring (bicyclic) bond motifs is 1. The first kappa shape index (κ1) is 13.3. The zero-order valence-electron chi connectivity index (χ0n) is 11.3. The summed E-state index contributed by atoms with van der Waals surface area (Å²) in [6.07, 6.45) is 2.29. The Hall–Kier alpha value is -0.690. The molecule has 0 aromatic heterocycles. The van der Waals surface area contributed by atoms with Gasteiger partial charge >= 0.3 is 0 Å². The van der Waals surface area contributed by atoms with Gasteiger partial charge in [0.2, 0.25) is 0 Å². The number of carbonyl (C=O) groups excluding carboxylic acids is 1. The molecule has 3 aliphatic rings. The fourth-order valence-corrected chi connectivity index (χ4v) is 3.07. The molecular weight excluding hydrogens is 246 g/mol. The number of amides is 1. The van der Waals surface area contributed by atoms with E-state index in [0.717, 1.165) is 19.7 Å². The summed E-state index contributed by atoms with van der Waals surface area (Å²) >= 11 is 0. The van der Waals surface area contributed by atoms with E-state index in [2.05, 4.69) is 15.5 Å². The van der Waals surface area contributed by atoms with E-state index in [1.807, 2.05) is 0 Å². The molecule has 0 spiro atoms. The maximum Gasteiger partial charge on any atom is 0.250 e. The Bertz CT molecular complexity index is 320. The molecule has 0 saturated carbocycles. The van der Waals surface area contributed by atoms with Gasteiger partial charge in [0.25, 0.3) is 5.91 Å². The Morgan fingerprint density at radius 2 is 2.37 bits per heavy atom. The van der Waals surface area contributed by atoms with Crippen LogP contribution < -0.4 is 10.6 Å². The third-order valence-corrected chi connectivity index (χ3v) is 4.19. The van der Waals surface area contributed by atoms with Crippen LogP contribution in [0.2, 0.25) is 0 Å². The topological polar surface area (TPSA) is 62.8 Å². The fraction of sp³-hybridized carbons (Fsp3) is 0.923. The second-order valence-corrected chi connectivity index (χ2v) is 5.56. The van der Waals surface area contributed by atoms with Crippen LogP contribution in [-0.2, 0) is 14.3 Å². The van der Waals surface area contributed by atoms with Gasteiger partial charge in [-0.05, 0) is 19.4 Å². The molecule has 3 rings (SSSR count). The number of morpholine rings is 2. The van der Waals surface area contributed by atoms with Crippen LogP contribution in [0.5, 0.6) is 0 Å². The lowest BCUT2D eigenvalue weighted by Crippen LogP contribution is -2.53. The lowest BCUT2D eigenvalue weighted by Gasteiger charge is -2.35. The quantitative estimate of drug-likeness (QED) is 0.685. The summed E-state index contributed by atoms with van der Waals surface area (Å²) in [7, 11) is 0. The van der Waals surface area contributed by atoms with Crippen LogP contribution in [0.25, 0.3) is 0 Å². The SMILES string of the molecule is O=C(NCC1CN2CCCC2CO1)C1CNCCO1. The summed E-state index contributed by atoms with van der Waals surface area (Å²) < 4.78 is 11.2. The number of carbonyl (C=O) groups is 1. The smallest absolute Gasteiger partial charge is 0.250 e. The van der Waals surface area contributed by atoms with E-state index < -0.39 is 0 Å². The molecule has 1 amide bonds. The predicted octanol–water partition coefficient (Wildman–Crippen LogP) is -1.05. The lowest BCUT2D eigenvalue weighted by molar-refractivity contribution is -0.135. The van der Waals surface area contributed by atoms with Gasteiger partial charge in [0.05, 0.1) is 19.3 Å². The highest BCUT2D eigenvalue weighted by molar-refractivity contribution is 5.81. The summed E-state index contributed by atoms with van der Waals surface area (Å²) in [6, 6.07) is 0.609. The third-order valence-electron chi connectivity index (χ3n) is 4.19. The largest absolute Gasteiger partial charge is 0.373 e. The van der Waals surface area contributed by atoms with Gasteiger partial charge in [-0.15, -0.1) is 0 Å². The van der Waals surface area contributed by atoms with Gasteiger partial charge in [-0.3, -0.25) is 9.69 Å². The van der Waals surface area contributed by atoms with Crippen LogP contribution in [0, 0.1) is 0 Å². The molecule has 2 N–H and O–H groups in total. The van der Waals surface area contributed by atoms with Gasteiger partial charge in [0.15, 0.2) is 0 Å². The summed E-state index contributed by atoms with van der Waals surface area (Å²) in [5.41, 5.74) is 0. The number of ether oxygens (including phenoxy) is 2. The van der Waals surface area contributed by atoms with Crippen molar-refractivity contribution in [3.8, 4) is 0 Å². The Morgan fingerprint density at radius 1 is 1.42 bits per heavy atom. The van der Waals surface area contributed by atoms with Crippen molar-refractivity contribution in [3.05, 3.63) is 0 Å². The number of nitrogens with one attached hydrogen (secondary N) is 2. The molecule has 3 unspecified atom stereocenters. The van der Waals surface area contributed by atoms with Crippen LogP contribution in [0.1, 0.15) is 12.8 Å². The summed E-state index contributed by atoms with van der Waals surface area (Å²) in [4.78, 5) is 14.4. The zero-order chi connectivity index (χ0) is 13.1. The second-order valence-electron chi connectivity index (χ2n) is 5.56. The van der Waals surface area contributed by atoms with Crippen LogP contribution in [0.3, 0.4) is 0 Å². The van der Waals surface area contributed by atoms with E-state index in [-0.39, 0.29) is 18.1 Å². The molecule has 3 aliphatic heterocycles. The Morgan fingerprint density at radius 3 is 3.21 bits per heavy atom. The van der Waals surface area contributed by atoms with E-state index in [0.29, 0.717) is 25.7 Å². The highest BCUT2D eigenvalue weighted by Crippen LogP contribution is 2.22. The standard InChI is InChI=1S/C13H23N3O3/c17-13(12-7-14-3-5-18-12)15-6-11-8-16-4-1-2-10(16)9-19-11/h10-12,14H,1-9H2,(H,15,17). The molecule has 3 fully saturated rings. The van der Waals surface area contributed by atoms with Gasteiger partial charge in [-0.2, -0.15) is 0 Å². The first-order valence-corrected chi connectivity index (χ1v) is 7.28. The highest BCUT2D eigenvalue weighted by atomic mass is 16.5. The average Bonchev–Trinajstić information content (AvgIpc) is 2.93. The molecular formula is C13H23N3O3. The van der Waals surface area contributed by atoms with Crippen molar-refractivity contribution >= 4 is 5.91 Å². The lowest BCUT2D eigenvalue weighted by atomic mass is 10.2. The average molecular weight is 269 g/mol. The number of nitrogens with zero attached hydrogens (tertiary/aromatic N) is 1. The second kappa shape index (κ2) is 6.17. The first-order valence-electron chi connectivity index (χ1n) is 7.28. The normalized spacial score (nSPS) is 35.9. The Kier molecular flexibility index (Phi) is 4.32. The highest BCUT2D eigenvalue weighted by Gasteiger charge is 2.32. The number of rotatable bonds is 3. The molecule has 19 heavy (non-hydrogen) atoms. The van der Waals surface area contributed by atoms with E-state index in [9.17, 15) is 4.79 Å². The maximum atomic E-state index is 11.9. The van der Waals surface area contributed by atoms with Crippen LogP contribution in [0.15, 0.2) is 0 Å². The monoisotopic (exact) mass is 269 g/mol. The molecule has 0 radical (unpaired) electrons. The van der Waals surface area contributed by atoms with E-state index in [1.54, 1.807) is 0 Å². The van der Waals surface area contributed by atoms with Crippen LogP contribution >= 0.6 is 0 Å². The molecule has 3 atom stereocenters. The van der Waals surface area contributed by atoms with Crippen molar-refractivity contribution in [2.45, 2.75) is 31.1 Å². The van der Waals surface area contributed by atoms with Crippen molar-refractivity contribution in [3.63, 3.8) is 0 Å². The third kappa shape index (κ3) is 3.25. The first-order chi connectivity index (χ1) is 9.33. The molecule has 6 heteroatoms. The maximum absolute atomic E-state index is 11.9. The number of hydrogen-bond acceptors (Lipinski definition) is 5. The molecule has 6 nitrogen and oxygen atoms in total. The minimum absolute atomic E-state index is 0.0284. The summed E-state index contributed by atoms with van der Waals surface area (Å²) in [6.45, 7) is 5.54. The van der Waals surface area contributed by atoms with E-state index in [4.69, 9.17) is 9.47 Å². The van der Waals surface area contributed by atoms with Crippen LogP contribution in [-0.4, -0.2) is 75.0 Å². The number of hydrogen-bond donors (Lipinski definition) is 2. The Labute approximate surface area is 113 Å². The summed E-state index contributed by atoms with van der Waals surface area (Å²) in [5.74, 6) is -0.0284. The van der Waals surface area contributed by atoms with Gasteiger partial charge in [-0.1, -0.05) is 0 Å². The van der Waals surface area contributed by atoms with Gasteiger partial charge < -0.3 is 20.1 Å². The van der Waals surface area contributed by atoms with Crippen molar-refractivity contribution in [1.82, 2.24) is 15.5 Å². The van der Waals surface area contributed by atoms with Crippen molar-refractivity contribution < 1.29 is 14.3 Å². The molecule has 0 bridgehead atoms. The molecule has 0 aromatic carbocycles. The molecule has 3 saturated heterocycles. The minimum Gasteiger partial charge on any atom is -0.373 e. The van der Waals surface area contributed by atoms with Crippen LogP contribution in [0.4, 0.5) is 0 Å². The van der Waals surface area contributed by atoms with Gasteiger partial charge in [0.1, 0.15) is 6.10 Å². The molecule has 0 aromatic rings. The molecule has 108 valence electrons. The molecule has 0 aliphatic carbocycles. The zero-order valence-corrected chi connectivity index (χ0v) is 11.3.